The van der Waals surface area contributed by atoms with E-state index in [-0.39, 0.29) is 16.0 Å². The highest BCUT2D eigenvalue weighted by Crippen LogP contribution is 2.33. The van der Waals surface area contributed by atoms with Gasteiger partial charge in [-0.25, -0.2) is 4.39 Å². The average Bonchev–Trinajstić information content (AvgIpc) is 2.49. The van der Waals surface area contributed by atoms with Gasteiger partial charge in [-0.3, -0.25) is 0 Å². The lowest BCUT2D eigenvalue weighted by atomic mass is 9.97. The Hall–Kier alpha value is -1.79. The molecule has 112 valence electrons. The Morgan fingerprint density at radius 3 is 2.29 bits per heavy atom. The molecule has 21 heavy (non-hydrogen) atoms. The number of hydrogen-bond donors (Lipinski definition) is 0. The van der Waals surface area contributed by atoms with E-state index in [0.29, 0.717) is 11.1 Å². The average molecular weight is 312 g/mol. The van der Waals surface area contributed by atoms with Crippen LogP contribution >= 0.6 is 0 Å². The highest BCUT2D eigenvalue weighted by molar-refractivity contribution is 7.86. The first-order valence-corrected chi connectivity index (χ1v) is 7.63. The summed E-state index contributed by atoms with van der Waals surface area (Å²) < 4.78 is 53.1. The van der Waals surface area contributed by atoms with Gasteiger partial charge >= 0.3 is 10.1 Å². The topological polar surface area (TPSA) is 43.4 Å². The highest BCUT2D eigenvalue weighted by Gasteiger charge is 2.24. The molecule has 1 atom stereocenters. The molecule has 0 heterocycles. The molecule has 0 aromatic heterocycles. The fourth-order valence-electron chi connectivity index (χ4n) is 2.21. The summed E-state index contributed by atoms with van der Waals surface area (Å²) in [5, 5.41) is 0. The van der Waals surface area contributed by atoms with Crippen LogP contribution in [0.4, 0.5) is 8.92 Å². The number of aryl methyl sites for hydroxylation is 1. The van der Waals surface area contributed by atoms with E-state index < -0.39 is 16.3 Å². The summed E-state index contributed by atoms with van der Waals surface area (Å²) in [6.07, 6.45) is -1.50. The molecule has 0 saturated carbocycles. The second-order valence-corrected chi connectivity index (χ2v) is 6.24. The molecule has 0 aliphatic heterocycles. The molecule has 0 bridgehead atoms. The SMILES string of the molecule is Cc1cc(C(F)c2ccccc2)c(C)c(S(=O)(=O)OF)c1. The van der Waals surface area contributed by atoms with E-state index in [4.69, 9.17) is 0 Å². The van der Waals surface area contributed by atoms with E-state index in [1.165, 1.54) is 13.0 Å². The van der Waals surface area contributed by atoms with Crippen molar-refractivity contribution in [2.75, 3.05) is 0 Å². The summed E-state index contributed by atoms with van der Waals surface area (Å²) in [5.41, 5.74) is 1.21. The summed E-state index contributed by atoms with van der Waals surface area (Å²) in [6.45, 7) is 3.04. The van der Waals surface area contributed by atoms with Crippen LogP contribution in [0.1, 0.15) is 28.4 Å². The molecule has 1 unspecified atom stereocenters. The molecular formula is C15H14F2O3S. The van der Waals surface area contributed by atoms with Gasteiger partial charge in [0.2, 0.25) is 0 Å². The minimum atomic E-state index is -4.52. The van der Waals surface area contributed by atoms with Crippen LogP contribution in [0, 0.1) is 13.8 Å². The van der Waals surface area contributed by atoms with E-state index in [1.54, 1.807) is 43.3 Å². The van der Waals surface area contributed by atoms with Gasteiger partial charge < -0.3 is 0 Å². The first kappa shape index (κ1) is 15.6. The predicted octanol–water partition coefficient (Wildman–Crippen LogP) is 3.95. The van der Waals surface area contributed by atoms with Gasteiger partial charge in [0.1, 0.15) is 4.90 Å². The third kappa shape index (κ3) is 3.11. The van der Waals surface area contributed by atoms with Crippen LogP contribution in [0.3, 0.4) is 0 Å². The van der Waals surface area contributed by atoms with Gasteiger partial charge in [-0.1, -0.05) is 40.8 Å². The lowest BCUT2D eigenvalue weighted by Gasteiger charge is -2.15. The molecule has 0 aliphatic carbocycles. The Bertz CT molecular complexity index is 743. The Kier molecular flexibility index (Phi) is 4.39. The van der Waals surface area contributed by atoms with Crippen LogP contribution in [0.2, 0.25) is 0 Å². The fraction of sp³-hybridized carbons (Fsp3) is 0.200. The molecular weight excluding hydrogens is 298 g/mol. The second kappa shape index (κ2) is 5.91. The lowest BCUT2D eigenvalue weighted by Crippen LogP contribution is -2.08. The molecule has 0 spiro atoms. The lowest BCUT2D eigenvalue weighted by molar-refractivity contribution is 0.00278. The third-order valence-electron chi connectivity index (χ3n) is 3.26. The summed E-state index contributed by atoms with van der Waals surface area (Å²) in [5.74, 6) is 0. The van der Waals surface area contributed by atoms with Crippen molar-refractivity contribution in [2.45, 2.75) is 24.9 Å². The minimum Gasteiger partial charge on any atom is -0.237 e. The van der Waals surface area contributed by atoms with Crippen LogP contribution in [0.15, 0.2) is 47.4 Å². The molecule has 0 saturated heterocycles. The zero-order valence-electron chi connectivity index (χ0n) is 11.5. The van der Waals surface area contributed by atoms with Gasteiger partial charge in [0.05, 0.1) is 0 Å². The molecule has 0 fully saturated rings. The summed E-state index contributed by atoms with van der Waals surface area (Å²) in [4.78, 5) is -0.362. The molecule has 3 nitrogen and oxygen atoms in total. The standard InChI is InChI=1S/C15H14F2O3S/c1-10-8-13(15(16)12-6-4-3-5-7-12)11(2)14(9-10)21(18,19)20-17/h3-9,15H,1-2H3. The van der Waals surface area contributed by atoms with Gasteiger partial charge in [0, 0.05) is 0 Å². The van der Waals surface area contributed by atoms with Crippen LogP contribution < -0.4 is 0 Å². The van der Waals surface area contributed by atoms with Crippen molar-refractivity contribution in [3.8, 4) is 0 Å². The van der Waals surface area contributed by atoms with Crippen LogP contribution in [0.5, 0.6) is 0 Å². The zero-order valence-corrected chi connectivity index (χ0v) is 12.3. The van der Waals surface area contributed by atoms with Gasteiger partial charge in [0.25, 0.3) is 0 Å². The van der Waals surface area contributed by atoms with Crippen LogP contribution in [-0.2, 0) is 14.5 Å². The second-order valence-electron chi connectivity index (χ2n) is 4.77. The number of rotatable bonds is 4. The maximum absolute atomic E-state index is 14.7. The maximum atomic E-state index is 14.7. The molecule has 0 radical (unpaired) electrons. The highest BCUT2D eigenvalue weighted by atomic mass is 32.2. The van der Waals surface area contributed by atoms with Crippen LogP contribution in [-0.4, -0.2) is 8.42 Å². The predicted molar refractivity (Wildman–Crippen MR) is 74.7 cm³/mol. The van der Waals surface area contributed by atoms with Crippen molar-refractivity contribution in [3.63, 3.8) is 0 Å². The summed E-state index contributed by atoms with van der Waals surface area (Å²) in [7, 11) is -4.52. The van der Waals surface area contributed by atoms with E-state index >= 15 is 0 Å². The van der Waals surface area contributed by atoms with Crippen molar-refractivity contribution < 1.29 is 21.7 Å². The van der Waals surface area contributed by atoms with E-state index in [0.717, 1.165) is 0 Å². The molecule has 0 amide bonds. The van der Waals surface area contributed by atoms with Crippen molar-refractivity contribution in [1.82, 2.24) is 0 Å². The van der Waals surface area contributed by atoms with Crippen molar-refractivity contribution in [2.24, 2.45) is 0 Å². The minimum absolute atomic E-state index is 0.134. The van der Waals surface area contributed by atoms with Crippen molar-refractivity contribution in [1.29, 1.82) is 0 Å². The van der Waals surface area contributed by atoms with E-state index in [1.807, 2.05) is 0 Å². The quantitative estimate of drug-likeness (QED) is 0.858. The van der Waals surface area contributed by atoms with E-state index in [2.05, 4.69) is 4.39 Å². The third-order valence-corrected chi connectivity index (χ3v) is 4.39. The Labute approximate surface area is 122 Å². The molecule has 2 aromatic rings. The smallest absolute Gasteiger partial charge is 0.237 e. The Morgan fingerprint density at radius 1 is 1.10 bits per heavy atom. The zero-order chi connectivity index (χ0) is 15.6. The number of hydrogen-bond acceptors (Lipinski definition) is 3. The molecule has 2 rings (SSSR count). The Balaban J connectivity index is 2.61. The number of alkyl halides is 1. The summed E-state index contributed by atoms with van der Waals surface area (Å²) in [6, 6.07) is 11.1. The van der Waals surface area contributed by atoms with Gasteiger partial charge in [-0.2, -0.15) is 8.42 Å². The maximum Gasteiger partial charge on any atom is 0.327 e. The van der Waals surface area contributed by atoms with Gasteiger partial charge in [0.15, 0.2) is 6.17 Å². The molecule has 0 N–H and O–H groups in total. The number of halogens is 2. The first-order chi connectivity index (χ1) is 9.86. The first-order valence-electron chi connectivity index (χ1n) is 6.22. The van der Waals surface area contributed by atoms with Gasteiger partial charge in [-0.05, 0) is 46.7 Å². The number of benzene rings is 2. The molecule has 0 aliphatic rings. The normalized spacial score (nSPS) is 13.1. The fourth-order valence-corrected chi connectivity index (χ4v) is 3.10. The van der Waals surface area contributed by atoms with Crippen molar-refractivity contribution >= 4 is 10.1 Å². The molecule has 6 heteroatoms. The van der Waals surface area contributed by atoms with Gasteiger partial charge in [-0.15, -0.1) is 0 Å². The van der Waals surface area contributed by atoms with E-state index in [9.17, 15) is 17.3 Å². The van der Waals surface area contributed by atoms with Crippen LogP contribution in [0.25, 0.3) is 0 Å². The summed E-state index contributed by atoms with van der Waals surface area (Å²) >= 11 is 0. The molecule has 2 aromatic carbocycles. The van der Waals surface area contributed by atoms with Crippen molar-refractivity contribution in [3.05, 3.63) is 64.7 Å². The monoisotopic (exact) mass is 312 g/mol. The Morgan fingerprint density at radius 2 is 1.71 bits per heavy atom. The largest absolute Gasteiger partial charge is 0.327 e.